The molecule has 0 heterocycles. The molecule has 0 unspecified atom stereocenters. The van der Waals surface area contributed by atoms with Crippen LogP contribution in [-0.2, 0) is 0 Å². The summed E-state index contributed by atoms with van der Waals surface area (Å²) in [6, 6.07) is 0. The van der Waals surface area contributed by atoms with Crippen LogP contribution in [0.3, 0.4) is 0 Å². The first kappa shape index (κ1) is 12.0. The second-order valence-corrected chi connectivity index (χ2v) is 3.77. The molecule has 0 bridgehead atoms. The Kier molecular flexibility index (Phi) is 3.67. The third-order valence-electron chi connectivity index (χ3n) is 2.40. The van der Waals surface area contributed by atoms with Gasteiger partial charge in [0.2, 0.25) is 0 Å². The summed E-state index contributed by atoms with van der Waals surface area (Å²) in [5.41, 5.74) is 3.64. The van der Waals surface area contributed by atoms with Gasteiger partial charge < -0.3 is 0 Å². The van der Waals surface area contributed by atoms with Crippen molar-refractivity contribution in [3.05, 3.63) is 34.1 Å². The first-order valence-corrected chi connectivity index (χ1v) is 5.05. The van der Waals surface area contributed by atoms with E-state index in [1.165, 1.54) is 6.08 Å². The van der Waals surface area contributed by atoms with Crippen molar-refractivity contribution in [2.75, 3.05) is 6.54 Å². The van der Waals surface area contributed by atoms with Gasteiger partial charge in [0, 0.05) is 12.1 Å². The average Bonchev–Trinajstić information content (AvgIpc) is 2.18. The molecule has 2 radical (unpaired) electrons. The third kappa shape index (κ3) is 2.28. The molecule has 0 spiro atoms. The zero-order valence-electron chi connectivity index (χ0n) is 9.69. The van der Waals surface area contributed by atoms with Crippen LogP contribution in [0.4, 0.5) is 4.39 Å². The Balaban J connectivity index is 3.38. The number of rotatable bonds is 1. The van der Waals surface area contributed by atoms with Gasteiger partial charge in [0.1, 0.15) is 13.7 Å². The summed E-state index contributed by atoms with van der Waals surface area (Å²) in [6.07, 6.45) is 1.46. The van der Waals surface area contributed by atoms with E-state index in [0.29, 0.717) is 6.54 Å². The highest BCUT2D eigenvalue weighted by atomic mass is 19.1. The van der Waals surface area contributed by atoms with Gasteiger partial charge >= 0.3 is 0 Å². The van der Waals surface area contributed by atoms with E-state index in [9.17, 15) is 4.39 Å². The topological polar surface area (TPSA) is 12.4 Å². The normalized spacial score (nSPS) is 19.7. The Hall–Kier alpha value is -1.12. The summed E-state index contributed by atoms with van der Waals surface area (Å²) >= 11 is 0. The van der Waals surface area contributed by atoms with Crippen LogP contribution in [-0.4, -0.2) is 20.1 Å². The first-order chi connectivity index (χ1) is 6.99. The van der Waals surface area contributed by atoms with Gasteiger partial charge in [-0.1, -0.05) is 11.0 Å². The monoisotopic (exact) mass is 203 g/mol. The number of hydrogen-bond acceptors (Lipinski definition) is 1. The molecule has 0 N–H and O–H groups in total. The molecule has 0 fully saturated rings. The average molecular weight is 203 g/mol. The Bertz CT molecular complexity index is 396. The van der Waals surface area contributed by atoms with Crippen molar-refractivity contribution in [3.8, 4) is 0 Å². The van der Waals surface area contributed by atoms with E-state index in [1.807, 2.05) is 20.8 Å². The quantitative estimate of drug-likeness (QED) is 0.580. The Morgan fingerprint density at radius 3 is 2.53 bits per heavy atom. The molecular formula is C12H15BFN. The molecule has 0 saturated heterocycles. The van der Waals surface area contributed by atoms with Crippen LogP contribution in [0.25, 0.3) is 0 Å². The maximum absolute atomic E-state index is 13.4. The SMILES string of the molecule is [B]C1=C(C)C(=NCC)C(=C(C)C)C=C1F. The van der Waals surface area contributed by atoms with Gasteiger partial charge in [0.25, 0.3) is 0 Å². The molecule has 1 rings (SSSR count). The molecule has 0 atom stereocenters. The van der Waals surface area contributed by atoms with Crippen LogP contribution in [0.2, 0.25) is 0 Å². The highest BCUT2D eigenvalue weighted by Gasteiger charge is 2.18. The van der Waals surface area contributed by atoms with Gasteiger partial charge in [-0.25, -0.2) is 4.39 Å². The summed E-state index contributed by atoms with van der Waals surface area (Å²) < 4.78 is 13.4. The molecule has 0 amide bonds. The lowest BCUT2D eigenvalue weighted by atomic mass is 9.80. The van der Waals surface area contributed by atoms with E-state index >= 15 is 0 Å². The fraction of sp³-hybridized carbons (Fsp3) is 0.417. The summed E-state index contributed by atoms with van der Waals surface area (Å²) in [4.78, 5) is 4.36. The van der Waals surface area contributed by atoms with Crippen molar-refractivity contribution < 1.29 is 4.39 Å². The fourth-order valence-corrected chi connectivity index (χ4v) is 1.52. The van der Waals surface area contributed by atoms with E-state index < -0.39 is 0 Å². The standard InChI is InChI=1S/C12H15BFN/c1-5-15-12-8(4)11(13)10(14)6-9(12)7(2)3/h6H,5H2,1-4H3. The number of allylic oxidation sites excluding steroid dienone is 6. The molecule has 15 heavy (non-hydrogen) atoms. The van der Waals surface area contributed by atoms with Gasteiger partial charge in [0.05, 0.1) is 5.71 Å². The first-order valence-electron chi connectivity index (χ1n) is 5.05. The minimum absolute atomic E-state index is 0.201. The van der Waals surface area contributed by atoms with E-state index in [4.69, 9.17) is 7.85 Å². The second-order valence-electron chi connectivity index (χ2n) is 3.77. The third-order valence-corrected chi connectivity index (χ3v) is 2.40. The lowest BCUT2D eigenvalue weighted by molar-refractivity contribution is 0.659. The van der Waals surface area contributed by atoms with Crippen LogP contribution < -0.4 is 0 Å². The van der Waals surface area contributed by atoms with E-state index in [1.54, 1.807) is 6.92 Å². The summed E-state index contributed by atoms with van der Waals surface area (Å²) in [6.45, 7) is 8.32. The van der Waals surface area contributed by atoms with E-state index in [0.717, 1.165) is 22.4 Å². The molecule has 0 aromatic rings. The molecule has 1 aliphatic carbocycles. The van der Waals surface area contributed by atoms with Crippen molar-refractivity contribution in [1.82, 2.24) is 0 Å². The molecular weight excluding hydrogens is 188 g/mol. The fourth-order valence-electron chi connectivity index (χ4n) is 1.52. The van der Waals surface area contributed by atoms with Crippen LogP contribution in [0, 0.1) is 0 Å². The van der Waals surface area contributed by atoms with Crippen molar-refractivity contribution in [2.24, 2.45) is 4.99 Å². The van der Waals surface area contributed by atoms with Crippen LogP contribution in [0.1, 0.15) is 27.7 Å². The van der Waals surface area contributed by atoms with Crippen molar-refractivity contribution in [2.45, 2.75) is 27.7 Å². The predicted octanol–water partition coefficient (Wildman–Crippen LogP) is 3.09. The van der Waals surface area contributed by atoms with Gasteiger partial charge in [-0.3, -0.25) is 4.99 Å². The molecule has 0 aliphatic heterocycles. The van der Waals surface area contributed by atoms with Crippen LogP contribution in [0.5, 0.6) is 0 Å². The minimum Gasteiger partial charge on any atom is -0.285 e. The second kappa shape index (κ2) is 4.60. The van der Waals surface area contributed by atoms with Gasteiger partial charge in [0.15, 0.2) is 0 Å². The Morgan fingerprint density at radius 1 is 1.47 bits per heavy atom. The minimum atomic E-state index is -0.362. The zero-order valence-corrected chi connectivity index (χ0v) is 9.69. The zero-order chi connectivity index (χ0) is 11.6. The number of halogens is 1. The summed E-state index contributed by atoms with van der Waals surface area (Å²) in [7, 11) is 5.64. The lowest BCUT2D eigenvalue weighted by Gasteiger charge is -2.18. The number of aliphatic imine (C=N–C) groups is 1. The maximum Gasteiger partial charge on any atom is 0.118 e. The summed E-state index contributed by atoms with van der Waals surface area (Å²) in [5, 5.41) is 0. The molecule has 1 aliphatic rings. The van der Waals surface area contributed by atoms with Crippen molar-refractivity contribution >= 4 is 13.6 Å². The van der Waals surface area contributed by atoms with Crippen molar-refractivity contribution in [1.29, 1.82) is 0 Å². The summed E-state index contributed by atoms with van der Waals surface area (Å²) in [5.74, 6) is -0.362. The highest BCUT2D eigenvalue weighted by Crippen LogP contribution is 2.27. The highest BCUT2D eigenvalue weighted by molar-refractivity contribution is 6.31. The molecule has 0 aromatic carbocycles. The Labute approximate surface area is 91.9 Å². The van der Waals surface area contributed by atoms with Crippen LogP contribution >= 0.6 is 0 Å². The van der Waals surface area contributed by atoms with Gasteiger partial charge in [-0.05, 0) is 39.3 Å². The largest absolute Gasteiger partial charge is 0.285 e. The maximum atomic E-state index is 13.4. The van der Waals surface area contributed by atoms with Crippen LogP contribution in [0.15, 0.2) is 39.1 Å². The predicted molar refractivity (Wildman–Crippen MR) is 64.0 cm³/mol. The van der Waals surface area contributed by atoms with Crippen molar-refractivity contribution in [3.63, 3.8) is 0 Å². The molecule has 3 heteroatoms. The lowest BCUT2D eigenvalue weighted by Crippen LogP contribution is -2.13. The molecule has 0 aromatic heterocycles. The number of nitrogens with zero attached hydrogens (tertiary/aromatic N) is 1. The Morgan fingerprint density at radius 2 is 2.07 bits per heavy atom. The van der Waals surface area contributed by atoms with Gasteiger partial charge in [-0.2, -0.15) is 0 Å². The molecule has 78 valence electrons. The molecule has 0 saturated carbocycles. The van der Waals surface area contributed by atoms with Gasteiger partial charge in [-0.15, -0.1) is 0 Å². The number of hydrogen-bond donors (Lipinski definition) is 0. The smallest absolute Gasteiger partial charge is 0.118 e. The van der Waals surface area contributed by atoms with E-state index in [2.05, 4.69) is 4.99 Å². The molecule has 1 nitrogen and oxygen atoms in total. The van der Waals surface area contributed by atoms with E-state index in [-0.39, 0.29) is 11.3 Å².